The number of amides is 4. The molecule has 11 heteroatoms. The summed E-state index contributed by atoms with van der Waals surface area (Å²) in [5, 5.41) is 16.7. The molecule has 3 N–H and O–H groups in total. The molecular formula is C26H29ClN6O4. The van der Waals surface area contributed by atoms with Crippen LogP contribution in [0, 0.1) is 0 Å². The van der Waals surface area contributed by atoms with Gasteiger partial charge >= 0.3 is 6.03 Å². The van der Waals surface area contributed by atoms with Crippen molar-refractivity contribution in [1.29, 1.82) is 0 Å². The molecule has 1 aliphatic rings. The second-order valence-electron chi connectivity index (χ2n) is 10.7. The van der Waals surface area contributed by atoms with E-state index in [9.17, 15) is 19.2 Å². The van der Waals surface area contributed by atoms with Crippen molar-refractivity contribution in [3.8, 4) is 0 Å². The van der Waals surface area contributed by atoms with Gasteiger partial charge in [-0.2, -0.15) is 4.68 Å². The lowest BCUT2D eigenvalue weighted by Crippen LogP contribution is -2.45. The van der Waals surface area contributed by atoms with Crippen LogP contribution in [0.5, 0.6) is 0 Å². The Hall–Kier alpha value is -3.79. The predicted octanol–water partition coefficient (Wildman–Crippen LogP) is 3.78. The third kappa shape index (κ3) is 5.48. The maximum atomic E-state index is 13.2. The van der Waals surface area contributed by atoms with Gasteiger partial charge in [0.05, 0.1) is 10.9 Å². The van der Waals surface area contributed by atoms with Gasteiger partial charge in [-0.1, -0.05) is 49.7 Å². The minimum Gasteiger partial charge on any atom is -0.329 e. The van der Waals surface area contributed by atoms with Crippen LogP contribution in [0.25, 0.3) is 10.9 Å². The van der Waals surface area contributed by atoms with Gasteiger partial charge in [0.1, 0.15) is 11.6 Å². The van der Waals surface area contributed by atoms with Crippen LogP contribution in [0.2, 0.25) is 5.02 Å². The van der Waals surface area contributed by atoms with E-state index in [4.69, 9.17) is 11.6 Å². The van der Waals surface area contributed by atoms with E-state index in [1.807, 2.05) is 6.07 Å². The number of hydrogen-bond acceptors (Lipinski definition) is 6. The molecule has 0 spiro atoms. The van der Waals surface area contributed by atoms with Crippen LogP contribution in [0.4, 0.5) is 10.5 Å². The highest BCUT2D eigenvalue weighted by Crippen LogP contribution is 2.31. The van der Waals surface area contributed by atoms with Gasteiger partial charge in [0, 0.05) is 17.1 Å². The number of rotatable bonds is 4. The monoisotopic (exact) mass is 524 g/mol. The van der Waals surface area contributed by atoms with Gasteiger partial charge in [0.25, 0.3) is 11.5 Å². The Balaban J connectivity index is 1.56. The van der Waals surface area contributed by atoms with Crippen LogP contribution in [-0.4, -0.2) is 32.8 Å². The molecular weight excluding hydrogens is 496 g/mol. The van der Waals surface area contributed by atoms with Crippen molar-refractivity contribution in [2.75, 3.05) is 5.32 Å². The summed E-state index contributed by atoms with van der Waals surface area (Å²) in [5.41, 5.74) is 1.02. The van der Waals surface area contributed by atoms with E-state index in [0.29, 0.717) is 21.8 Å². The zero-order valence-electron chi connectivity index (χ0n) is 21.3. The molecule has 0 radical (unpaired) electrons. The molecule has 1 fully saturated rings. The first kappa shape index (κ1) is 26.3. The Morgan fingerprint density at radius 3 is 2.46 bits per heavy atom. The number of urea groups is 1. The summed E-state index contributed by atoms with van der Waals surface area (Å²) in [6.07, 6.45) is 0.275. The number of nitrogens with one attached hydrogen (secondary N) is 3. The maximum absolute atomic E-state index is 13.2. The lowest BCUT2D eigenvalue weighted by Gasteiger charge is -2.27. The van der Waals surface area contributed by atoms with Crippen molar-refractivity contribution >= 4 is 46.0 Å². The molecule has 10 nitrogen and oxygen atoms in total. The van der Waals surface area contributed by atoms with Crippen molar-refractivity contribution < 1.29 is 14.4 Å². The molecule has 1 aliphatic heterocycles. The first-order chi connectivity index (χ1) is 17.3. The van der Waals surface area contributed by atoms with Gasteiger partial charge in [-0.3, -0.25) is 19.7 Å². The topological polar surface area (TPSA) is 135 Å². The standard InChI is InChI=1S/C26H29ClN6O4/c1-25(2,3)17-8-7-15(13-18(17)27)28-24(37)30-26(4,5)14-6-9-19-16(12-14)23(36)33(32-31-19)20-10-11-21(34)29-22(20)35/h6-9,12-13,20H,10-11H2,1-5H3,(H2,28,30,37)(H,29,34,35). The molecule has 2 aromatic carbocycles. The zero-order chi connectivity index (χ0) is 27.1. The number of fused-ring (bicyclic) bond motifs is 1. The molecule has 3 aromatic rings. The highest BCUT2D eigenvalue weighted by Gasteiger charge is 2.31. The number of anilines is 1. The average molecular weight is 525 g/mol. The van der Waals surface area contributed by atoms with Gasteiger partial charge < -0.3 is 10.6 Å². The van der Waals surface area contributed by atoms with Crippen LogP contribution in [0.1, 0.15) is 64.6 Å². The van der Waals surface area contributed by atoms with Crippen LogP contribution in [-0.2, 0) is 20.5 Å². The summed E-state index contributed by atoms with van der Waals surface area (Å²) in [6, 6.07) is 9.05. The summed E-state index contributed by atoms with van der Waals surface area (Å²) in [6.45, 7) is 9.79. The van der Waals surface area contributed by atoms with Gasteiger partial charge in [0.2, 0.25) is 5.91 Å². The van der Waals surface area contributed by atoms with Crippen molar-refractivity contribution in [1.82, 2.24) is 25.6 Å². The summed E-state index contributed by atoms with van der Waals surface area (Å²) < 4.78 is 1.01. The van der Waals surface area contributed by atoms with Crippen LogP contribution in [0.15, 0.2) is 41.2 Å². The van der Waals surface area contributed by atoms with E-state index in [1.54, 1.807) is 44.2 Å². The van der Waals surface area contributed by atoms with Gasteiger partial charge in [0.15, 0.2) is 0 Å². The molecule has 4 amide bonds. The van der Waals surface area contributed by atoms with E-state index < -0.39 is 29.1 Å². The highest BCUT2D eigenvalue weighted by atomic mass is 35.5. The Kier molecular flexibility index (Phi) is 6.81. The van der Waals surface area contributed by atoms with E-state index >= 15 is 0 Å². The fourth-order valence-electron chi connectivity index (χ4n) is 4.28. The second kappa shape index (κ2) is 9.59. The quantitative estimate of drug-likeness (QED) is 0.444. The highest BCUT2D eigenvalue weighted by molar-refractivity contribution is 6.31. The van der Waals surface area contributed by atoms with Crippen LogP contribution < -0.4 is 21.5 Å². The number of benzene rings is 2. The van der Waals surface area contributed by atoms with Crippen molar-refractivity contribution in [2.45, 2.75) is 64.5 Å². The number of nitrogens with zero attached hydrogens (tertiary/aromatic N) is 3. The summed E-state index contributed by atoms with van der Waals surface area (Å²) in [7, 11) is 0. The Morgan fingerprint density at radius 1 is 1.08 bits per heavy atom. The Bertz CT molecular complexity index is 1470. The number of carbonyl (C=O) groups is 3. The first-order valence-electron chi connectivity index (χ1n) is 11.9. The number of imide groups is 1. The lowest BCUT2D eigenvalue weighted by atomic mass is 9.87. The van der Waals surface area contributed by atoms with Crippen molar-refractivity contribution in [3.63, 3.8) is 0 Å². The van der Waals surface area contributed by atoms with E-state index in [2.05, 4.69) is 47.0 Å². The first-order valence-corrected chi connectivity index (χ1v) is 12.3. The Morgan fingerprint density at radius 2 is 1.81 bits per heavy atom. The maximum Gasteiger partial charge on any atom is 0.319 e. The fraction of sp³-hybridized carbons (Fsp3) is 0.385. The SMILES string of the molecule is CC(C)(C)c1ccc(NC(=O)NC(C)(C)c2ccc3nnn(C4CCC(=O)NC4=O)c(=O)c3c2)cc1Cl. The van der Waals surface area contributed by atoms with Crippen molar-refractivity contribution in [3.05, 3.63) is 62.9 Å². The molecule has 0 bridgehead atoms. The molecule has 0 aliphatic carbocycles. The molecule has 1 atom stereocenters. The summed E-state index contributed by atoms with van der Waals surface area (Å²) >= 11 is 6.43. The van der Waals surface area contributed by atoms with Gasteiger partial charge in [-0.25, -0.2) is 4.79 Å². The Labute approximate surface area is 218 Å². The third-order valence-electron chi connectivity index (χ3n) is 6.37. The normalized spacial score (nSPS) is 16.4. The van der Waals surface area contributed by atoms with Gasteiger partial charge in [-0.05, 0) is 61.1 Å². The number of piperidine rings is 1. The number of hydrogen-bond donors (Lipinski definition) is 3. The van der Waals surface area contributed by atoms with E-state index in [-0.39, 0.29) is 29.6 Å². The predicted molar refractivity (Wildman–Crippen MR) is 141 cm³/mol. The molecule has 1 unspecified atom stereocenters. The number of halogens is 1. The molecule has 194 valence electrons. The average Bonchev–Trinajstić information content (AvgIpc) is 2.78. The van der Waals surface area contributed by atoms with E-state index in [1.165, 1.54) is 0 Å². The minimum absolute atomic E-state index is 0.110. The summed E-state index contributed by atoms with van der Waals surface area (Å²) in [5.74, 6) is -0.971. The summed E-state index contributed by atoms with van der Waals surface area (Å²) in [4.78, 5) is 49.8. The third-order valence-corrected chi connectivity index (χ3v) is 6.68. The molecule has 1 aromatic heterocycles. The smallest absolute Gasteiger partial charge is 0.319 e. The van der Waals surface area contributed by atoms with Crippen molar-refractivity contribution in [2.24, 2.45) is 0 Å². The fourth-order valence-corrected chi connectivity index (χ4v) is 4.75. The molecule has 37 heavy (non-hydrogen) atoms. The minimum atomic E-state index is -0.917. The van der Waals surface area contributed by atoms with Gasteiger partial charge in [-0.15, -0.1) is 5.10 Å². The molecule has 0 saturated carbocycles. The van der Waals surface area contributed by atoms with Crippen LogP contribution in [0.3, 0.4) is 0 Å². The zero-order valence-corrected chi connectivity index (χ0v) is 22.1. The second-order valence-corrected chi connectivity index (χ2v) is 11.1. The number of aromatic nitrogens is 3. The largest absolute Gasteiger partial charge is 0.329 e. The molecule has 2 heterocycles. The van der Waals surface area contributed by atoms with Crippen LogP contribution >= 0.6 is 11.6 Å². The lowest BCUT2D eigenvalue weighted by molar-refractivity contribution is -0.136. The molecule has 4 rings (SSSR count). The number of carbonyl (C=O) groups excluding carboxylic acids is 3. The molecule has 1 saturated heterocycles. The van der Waals surface area contributed by atoms with E-state index in [0.717, 1.165) is 10.2 Å².